The summed E-state index contributed by atoms with van der Waals surface area (Å²) >= 11 is 19.4. The molecule has 43 heavy (non-hydrogen) atoms. The molecule has 1 unspecified atom stereocenters. The van der Waals surface area contributed by atoms with Gasteiger partial charge in [-0.2, -0.15) is 0 Å². The van der Waals surface area contributed by atoms with Crippen molar-refractivity contribution in [3.8, 4) is 5.88 Å². The minimum absolute atomic E-state index is 0.00825. The molecule has 0 bridgehead atoms. The van der Waals surface area contributed by atoms with Crippen molar-refractivity contribution in [3.05, 3.63) is 98.3 Å². The van der Waals surface area contributed by atoms with Crippen LogP contribution in [0, 0.1) is 6.92 Å². The van der Waals surface area contributed by atoms with E-state index in [1.54, 1.807) is 24.3 Å². The zero-order valence-electron chi connectivity index (χ0n) is 23.7. The number of halogens is 3. The van der Waals surface area contributed by atoms with Crippen molar-refractivity contribution >= 4 is 62.3 Å². The van der Waals surface area contributed by atoms with E-state index in [0.29, 0.717) is 27.0 Å². The molecule has 9 nitrogen and oxygen atoms in total. The van der Waals surface area contributed by atoms with Crippen LogP contribution in [0.4, 0.5) is 5.69 Å². The molecular formula is C30H29Cl3N4O5S. The van der Waals surface area contributed by atoms with Crippen molar-refractivity contribution < 1.29 is 22.7 Å². The molecule has 0 saturated carbocycles. The Balaban J connectivity index is 1.76. The smallest absolute Gasteiger partial charge is 0.277 e. The first-order valence-corrected chi connectivity index (χ1v) is 16.2. The summed E-state index contributed by atoms with van der Waals surface area (Å²) in [6.45, 7) is 9.21. The highest BCUT2D eigenvalue weighted by Crippen LogP contribution is 2.62. The quantitative estimate of drug-likeness (QED) is 0.304. The van der Waals surface area contributed by atoms with E-state index in [1.807, 2.05) is 29.8 Å². The number of amides is 2. The molecule has 2 amide bonds. The van der Waals surface area contributed by atoms with Crippen LogP contribution in [0.3, 0.4) is 0 Å². The fourth-order valence-electron chi connectivity index (χ4n) is 5.98. The van der Waals surface area contributed by atoms with Gasteiger partial charge in [0, 0.05) is 45.5 Å². The lowest BCUT2D eigenvalue weighted by molar-refractivity contribution is -0.132. The maximum atomic E-state index is 13.5. The van der Waals surface area contributed by atoms with Crippen molar-refractivity contribution in [1.29, 1.82) is 0 Å². The molecule has 3 N–H and O–H groups in total. The molecule has 2 aliphatic heterocycles. The van der Waals surface area contributed by atoms with Gasteiger partial charge < -0.3 is 15.4 Å². The van der Waals surface area contributed by atoms with Gasteiger partial charge in [-0.3, -0.25) is 9.59 Å². The highest BCUT2D eigenvalue weighted by molar-refractivity contribution is 7.89. The first-order chi connectivity index (χ1) is 20.0. The van der Waals surface area contributed by atoms with Gasteiger partial charge in [0.1, 0.15) is 0 Å². The second-order valence-corrected chi connectivity index (χ2v) is 14.3. The number of carbonyl (C=O) groups is 2. The standard InChI is InChI=1S/C30H29Cl3N4O5S/c1-15-6-7-17(31)10-20(15)26-30(16(2)35-24-12-18(32)8-9-22(24)30)23(13-25(38)36-26)21-11-19(33)14-34-27(21)42-29(3,4)28(39)37-43(5,40)41/h6-12,14,23,26,35H,2,13H2,1,3-5H3,(H,36,38)(H,37,39)/t23-,26?,30+/m1/s1. The molecule has 3 aromatic rings. The predicted octanol–water partition coefficient (Wildman–Crippen LogP) is 5.81. The van der Waals surface area contributed by atoms with Crippen LogP contribution in [0.2, 0.25) is 15.1 Å². The largest absolute Gasteiger partial charge is 0.461 e. The fourth-order valence-corrected chi connectivity index (χ4v) is 7.08. The van der Waals surface area contributed by atoms with Gasteiger partial charge in [-0.25, -0.2) is 18.1 Å². The molecule has 0 radical (unpaired) electrons. The van der Waals surface area contributed by atoms with E-state index in [0.717, 1.165) is 22.9 Å². The van der Waals surface area contributed by atoms with Crippen LogP contribution in [0.1, 0.15) is 54.5 Å². The number of nitrogens with zero attached hydrogens (tertiary/aromatic N) is 1. The minimum Gasteiger partial charge on any atom is -0.461 e. The van der Waals surface area contributed by atoms with Gasteiger partial charge in [0.25, 0.3) is 5.91 Å². The molecule has 3 atom stereocenters. The molecule has 2 aromatic carbocycles. The Labute approximate surface area is 265 Å². The number of hydrogen-bond donors (Lipinski definition) is 3. The third kappa shape index (κ3) is 5.69. The number of benzene rings is 2. The number of ether oxygens (including phenoxy) is 1. The van der Waals surface area contributed by atoms with Crippen molar-refractivity contribution in [1.82, 2.24) is 15.0 Å². The first kappa shape index (κ1) is 31.1. The van der Waals surface area contributed by atoms with E-state index >= 15 is 0 Å². The number of fused-ring (bicyclic) bond motifs is 2. The predicted molar refractivity (Wildman–Crippen MR) is 167 cm³/mol. The monoisotopic (exact) mass is 662 g/mol. The van der Waals surface area contributed by atoms with E-state index in [-0.39, 0.29) is 23.2 Å². The molecule has 3 heterocycles. The maximum Gasteiger partial charge on any atom is 0.277 e. The van der Waals surface area contributed by atoms with Gasteiger partial charge in [-0.1, -0.05) is 53.5 Å². The third-order valence-electron chi connectivity index (χ3n) is 7.86. The Kier molecular flexibility index (Phi) is 7.96. The van der Waals surface area contributed by atoms with Gasteiger partial charge in [0.2, 0.25) is 21.8 Å². The average Bonchev–Trinajstić information content (AvgIpc) is 3.17. The summed E-state index contributed by atoms with van der Waals surface area (Å²) in [7, 11) is -3.87. The lowest BCUT2D eigenvalue weighted by atomic mass is 9.58. The Morgan fingerprint density at radius 3 is 2.44 bits per heavy atom. The summed E-state index contributed by atoms with van der Waals surface area (Å²) in [5, 5.41) is 7.85. The number of sulfonamides is 1. The fraction of sp³-hybridized carbons (Fsp3) is 0.300. The van der Waals surface area contributed by atoms with Crippen molar-refractivity contribution in [2.75, 3.05) is 11.6 Å². The number of aromatic nitrogens is 1. The number of hydrogen-bond acceptors (Lipinski definition) is 7. The number of carbonyl (C=O) groups excluding carboxylic acids is 2. The summed E-state index contributed by atoms with van der Waals surface area (Å²) in [6, 6.07) is 11.9. The number of rotatable bonds is 6. The normalized spacial score (nSPS) is 21.7. The van der Waals surface area contributed by atoms with Gasteiger partial charge >= 0.3 is 0 Å². The van der Waals surface area contributed by atoms with E-state index in [1.165, 1.54) is 20.0 Å². The molecule has 2 aliphatic rings. The SMILES string of the molecule is C=C1Nc2cc(Cl)ccc2[C@@]12C(c1cc(Cl)ccc1C)NC(=O)C[C@@H]2c1cc(Cl)cnc1OC(C)(C)C(=O)NS(C)(=O)=O. The summed E-state index contributed by atoms with van der Waals surface area (Å²) < 4.78 is 31.7. The van der Waals surface area contributed by atoms with Crippen LogP contribution < -0.4 is 20.1 Å². The zero-order chi connectivity index (χ0) is 31.5. The molecule has 13 heteroatoms. The summed E-state index contributed by atoms with van der Waals surface area (Å²) in [5.41, 5.74) is 1.50. The van der Waals surface area contributed by atoms with Crippen LogP contribution in [0.15, 0.2) is 60.9 Å². The molecule has 1 aromatic heterocycles. The zero-order valence-corrected chi connectivity index (χ0v) is 26.8. The second kappa shape index (κ2) is 11.0. The van der Waals surface area contributed by atoms with E-state index < -0.39 is 38.9 Å². The number of aryl methyl sites for hydroxylation is 1. The van der Waals surface area contributed by atoms with E-state index in [9.17, 15) is 18.0 Å². The third-order valence-corrected chi connectivity index (χ3v) is 9.10. The summed E-state index contributed by atoms with van der Waals surface area (Å²) in [6.07, 6.45) is 2.21. The Morgan fingerprint density at radius 2 is 1.74 bits per heavy atom. The summed E-state index contributed by atoms with van der Waals surface area (Å²) in [4.78, 5) is 30.9. The highest BCUT2D eigenvalue weighted by atomic mass is 35.5. The van der Waals surface area contributed by atoms with Crippen molar-refractivity contribution in [2.45, 2.75) is 50.2 Å². The number of pyridine rings is 1. The Hall–Kier alpha value is -3.31. The molecular weight excluding hydrogens is 635 g/mol. The maximum absolute atomic E-state index is 13.5. The molecule has 5 rings (SSSR count). The molecule has 1 spiro atoms. The van der Waals surface area contributed by atoms with Gasteiger partial charge in [-0.05, 0) is 67.8 Å². The first-order valence-electron chi connectivity index (χ1n) is 13.2. The second-order valence-electron chi connectivity index (χ2n) is 11.3. The van der Waals surface area contributed by atoms with Crippen LogP contribution in [0.5, 0.6) is 5.88 Å². The van der Waals surface area contributed by atoms with Crippen LogP contribution in [-0.4, -0.2) is 37.1 Å². The summed E-state index contributed by atoms with van der Waals surface area (Å²) in [5.74, 6) is -1.82. The van der Waals surface area contributed by atoms with Crippen LogP contribution in [0.25, 0.3) is 0 Å². The molecule has 226 valence electrons. The topological polar surface area (TPSA) is 126 Å². The highest BCUT2D eigenvalue weighted by Gasteiger charge is 2.59. The van der Waals surface area contributed by atoms with E-state index in [4.69, 9.17) is 39.5 Å². The lowest BCUT2D eigenvalue weighted by Crippen LogP contribution is -2.54. The minimum atomic E-state index is -3.87. The van der Waals surface area contributed by atoms with Gasteiger partial charge in [0.15, 0.2) is 5.60 Å². The lowest BCUT2D eigenvalue weighted by Gasteiger charge is -2.49. The van der Waals surface area contributed by atoms with Crippen molar-refractivity contribution in [2.24, 2.45) is 0 Å². The Morgan fingerprint density at radius 1 is 1.09 bits per heavy atom. The number of anilines is 1. The Bertz CT molecular complexity index is 1800. The van der Waals surface area contributed by atoms with Gasteiger partial charge in [-0.15, -0.1) is 0 Å². The van der Waals surface area contributed by atoms with E-state index in [2.05, 4.69) is 22.2 Å². The molecule has 1 saturated heterocycles. The molecule has 1 fully saturated rings. The van der Waals surface area contributed by atoms with Crippen molar-refractivity contribution in [3.63, 3.8) is 0 Å². The van der Waals surface area contributed by atoms with Crippen LogP contribution >= 0.6 is 34.8 Å². The number of nitrogens with one attached hydrogen (secondary N) is 3. The number of piperidine rings is 1. The average molecular weight is 664 g/mol. The van der Waals surface area contributed by atoms with Gasteiger partial charge in [0.05, 0.1) is 22.7 Å². The van der Waals surface area contributed by atoms with Crippen LogP contribution in [-0.2, 0) is 25.0 Å². The molecule has 0 aliphatic carbocycles.